The van der Waals surface area contributed by atoms with Crippen molar-refractivity contribution in [1.82, 2.24) is 0 Å². The van der Waals surface area contributed by atoms with E-state index in [9.17, 15) is 9.59 Å². The van der Waals surface area contributed by atoms with Gasteiger partial charge in [-0.3, -0.25) is 4.79 Å². The van der Waals surface area contributed by atoms with Crippen LogP contribution >= 0.6 is 0 Å². The van der Waals surface area contributed by atoms with Crippen molar-refractivity contribution >= 4 is 23.0 Å². The highest BCUT2D eigenvalue weighted by Gasteiger charge is 2.10. The number of allylic oxidation sites excluding steroid dienone is 1. The van der Waals surface area contributed by atoms with Crippen molar-refractivity contribution in [2.45, 2.75) is 0 Å². The first kappa shape index (κ1) is 11.6. The van der Waals surface area contributed by atoms with Crippen molar-refractivity contribution in [3.63, 3.8) is 0 Å². The Kier molecular flexibility index (Phi) is 2.94. The van der Waals surface area contributed by atoms with E-state index in [4.69, 9.17) is 14.8 Å². The van der Waals surface area contributed by atoms with Gasteiger partial charge in [-0.1, -0.05) is 6.07 Å². The molecule has 2 aromatic rings. The highest BCUT2D eigenvalue weighted by molar-refractivity contribution is 5.88. The Bertz CT molecular complexity index is 750. The maximum absolute atomic E-state index is 11.7. The Morgan fingerprint density at radius 1 is 1.39 bits per heavy atom. The second-order valence-corrected chi connectivity index (χ2v) is 3.50. The number of benzene rings is 1. The second kappa shape index (κ2) is 4.55. The minimum Gasteiger partial charge on any atom is -0.475 e. The van der Waals surface area contributed by atoms with Gasteiger partial charge in [0.05, 0.1) is 11.5 Å². The number of aromatic carboxylic acids is 1. The fraction of sp³-hybridized carbons (Fsp3) is 0. The van der Waals surface area contributed by atoms with Crippen LogP contribution in [0.3, 0.4) is 0 Å². The number of hydrogen-bond acceptors (Lipinski definition) is 4. The van der Waals surface area contributed by atoms with E-state index in [1.54, 1.807) is 18.2 Å². The first-order valence-electron chi connectivity index (χ1n) is 4.99. The topological polar surface area (TPSA) is 91.3 Å². The molecular weight excluding hydrogens is 234 g/mol. The van der Waals surface area contributed by atoms with Crippen LogP contribution in [-0.2, 0) is 0 Å². The van der Waals surface area contributed by atoms with Gasteiger partial charge in [-0.2, -0.15) is 5.26 Å². The largest absolute Gasteiger partial charge is 0.475 e. The third kappa shape index (κ3) is 2.13. The normalized spacial score (nSPS) is 10.6. The standard InChI is InChI=1S/C13H7NO4/c14-5-1-2-8-3-4-11-9(6-8)10(15)7-12(18-11)13(16)17/h1-4,6-7H,(H,16,17). The molecule has 1 aromatic heterocycles. The van der Waals surface area contributed by atoms with E-state index >= 15 is 0 Å². The molecule has 0 unspecified atom stereocenters. The monoisotopic (exact) mass is 241 g/mol. The number of fused-ring (bicyclic) bond motifs is 1. The summed E-state index contributed by atoms with van der Waals surface area (Å²) in [6, 6.07) is 7.45. The van der Waals surface area contributed by atoms with Gasteiger partial charge < -0.3 is 9.52 Å². The average Bonchev–Trinajstić information content (AvgIpc) is 2.36. The lowest BCUT2D eigenvalue weighted by molar-refractivity contribution is 0.0663. The predicted octanol–water partition coefficient (Wildman–Crippen LogP) is 2.03. The molecule has 0 saturated heterocycles. The summed E-state index contributed by atoms with van der Waals surface area (Å²) in [6.45, 7) is 0. The maximum atomic E-state index is 11.7. The van der Waals surface area contributed by atoms with E-state index in [0.717, 1.165) is 6.07 Å². The van der Waals surface area contributed by atoms with E-state index in [0.29, 0.717) is 5.56 Å². The predicted molar refractivity (Wildman–Crippen MR) is 64.1 cm³/mol. The molecule has 0 aliphatic heterocycles. The molecule has 0 spiro atoms. The van der Waals surface area contributed by atoms with Gasteiger partial charge in [0, 0.05) is 12.1 Å². The second-order valence-electron chi connectivity index (χ2n) is 3.50. The fourth-order valence-corrected chi connectivity index (χ4v) is 1.52. The van der Waals surface area contributed by atoms with E-state index in [-0.39, 0.29) is 11.0 Å². The van der Waals surface area contributed by atoms with Gasteiger partial charge in [-0.25, -0.2) is 4.79 Å². The lowest BCUT2D eigenvalue weighted by Crippen LogP contribution is -2.06. The van der Waals surface area contributed by atoms with Crippen LogP contribution in [-0.4, -0.2) is 11.1 Å². The fourth-order valence-electron chi connectivity index (χ4n) is 1.52. The Morgan fingerprint density at radius 3 is 2.83 bits per heavy atom. The highest BCUT2D eigenvalue weighted by Crippen LogP contribution is 2.15. The zero-order valence-corrected chi connectivity index (χ0v) is 9.08. The molecule has 18 heavy (non-hydrogen) atoms. The van der Waals surface area contributed by atoms with Crippen molar-refractivity contribution in [1.29, 1.82) is 5.26 Å². The van der Waals surface area contributed by atoms with Gasteiger partial charge >= 0.3 is 5.97 Å². The summed E-state index contributed by atoms with van der Waals surface area (Å²) in [6.07, 6.45) is 2.83. The van der Waals surface area contributed by atoms with Gasteiger partial charge in [0.1, 0.15) is 5.58 Å². The van der Waals surface area contributed by atoms with Crippen molar-refractivity contribution in [3.8, 4) is 6.07 Å². The van der Waals surface area contributed by atoms with Gasteiger partial charge in [0.25, 0.3) is 0 Å². The number of nitriles is 1. The number of hydrogen-bond donors (Lipinski definition) is 1. The maximum Gasteiger partial charge on any atom is 0.371 e. The molecule has 2 rings (SSSR count). The molecule has 88 valence electrons. The first-order valence-corrected chi connectivity index (χ1v) is 4.99. The van der Waals surface area contributed by atoms with Crippen LogP contribution in [0.4, 0.5) is 0 Å². The van der Waals surface area contributed by atoms with Crippen LogP contribution in [0.25, 0.3) is 17.0 Å². The van der Waals surface area contributed by atoms with Gasteiger partial charge in [-0.15, -0.1) is 0 Å². The summed E-state index contributed by atoms with van der Waals surface area (Å²) >= 11 is 0. The van der Waals surface area contributed by atoms with E-state index in [1.807, 2.05) is 6.07 Å². The molecule has 0 atom stereocenters. The molecular formula is C13H7NO4. The SMILES string of the molecule is N#CC=Cc1ccc2oc(C(=O)O)cc(=O)c2c1. The summed E-state index contributed by atoms with van der Waals surface area (Å²) in [7, 11) is 0. The first-order chi connectivity index (χ1) is 8.61. The van der Waals surface area contributed by atoms with Gasteiger partial charge in [-0.05, 0) is 23.8 Å². The van der Waals surface area contributed by atoms with Crippen LogP contribution in [0, 0.1) is 11.3 Å². The lowest BCUT2D eigenvalue weighted by Gasteiger charge is -2.00. The number of carboxylic acid groups (broad SMARTS) is 1. The summed E-state index contributed by atoms with van der Waals surface area (Å²) in [5.41, 5.74) is 0.439. The molecule has 0 bridgehead atoms. The number of rotatable bonds is 2. The van der Waals surface area contributed by atoms with Crippen molar-refractivity contribution in [2.24, 2.45) is 0 Å². The Morgan fingerprint density at radius 2 is 2.17 bits per heavy atom. The van der Waals surface area contributed by atoms with Crippen LogP contribution in [0.5, 0.6) is 0 Å². The third-order valence-electron chi connectivity index (χ3n) is 2.31. The summed E-state index contributed by atoms with van der Waals surface area (Å²) in [5, 5.41) is 17.4. The molecule has 0 aliphatic carbocycles. The third-order valence-corrected chi connectivity index (χ3v) is 2.31. The van der Waals surface area contributed by atoms with Gasteiger partial charge in [0.15, 0.2) is 5.43 Å². The Labute approximate surface area is 101 Å². The summed E-state index contributed by atoms with van der Waals surface area (Å²) in [4.78, 5) is 22.4. The molecule has 1 aromatic carbocycles. The summed E-state index contributed by atoms with van der Waals surface area (Å²) in [5.74, 6) is -1.68. The molecule has 0 saturated carbocycles. The lowest BCUT2D eigenvalue weighted by atomic mass is 10.1. The van der Waals surface area contributed by atoms with Crippen molar-refractivity contribution < 1.29 is 14.3 Å². The highest BCUT2D eigenvalue weighted by atomic mass is 16.4. The Hall–Kier alpha value is -2.87. The molecule has 5 heteroatoms. The van der Waals surface area contributed by atoms with Crippen molar-refractivity contribution in [2.75, 3.05) is 0 Å². The molecule has 0 aliphatic rings. The van der Waals surface area contributed by atoms with E-state index in [2.05, 4.69) is 0 Å². The van der Waals surface area contributed by atoms with Crippen LogP contribution in [0.1, 0.15) is 16.1 Å². The van der Waals surface area contributed by atoms with Crippen LogP contribution in [0.2, 0.25) is 0 Å². The molecule has 1 N–H and O–H groups in total. The number of carbonyl (C=O) groups is 1. The zero-order chi connectivity index (χ0) is 13.1. The quantitative estimate of drug-likeness (QED) is 0.812. The molecule has 1 heterocycles. The number of carboxylic acids is 1. The molecule has 0 fully saturated rings. The van der Waals surface area contributed by atoms with Crippen molar-refractivity contribution in [3.05, 3.63) is 51.9 Å². The smallest absolute Gasteiger partial charge is 0.371 e. The molecule has 0 radical (unpaired) electrons. The minimum atomic E-state index is -1.29. The van der Waals surface area contributed by atoms with Crippen LogP contribution in [0.15, 0.2) is 39.6 Å². The van der Waals surface area contributed by atoms with Gasteiger partial charge in [0.2, 0.25) is 5.76 Å². The zero-order valence-electron chi connectivity index (χ0n) is 9.08. The number of nitrogens with zero attached hydrogens (tertiary/aromatic N) is 1. The molecule has 5 nitrogen and oxygen atoms in total. The van der Waals surface area contributed by atoms with E-state index in [1.165, 1.54) is 12.1 Å². The minimum absolute atomic E-state index is 0.203. The summed E-state index contributed by atoms with van der Waals surface area (Å²) < 4.78 is 5.07. The van der Waals surface area contributed by atoms with E-state index < -0.39 is 17.2 Å². The average molecular weight is 241 g/mol. The molecule has 0 amide bonds. The van der Waals surface area contributed by atoms with Crippen LogP contribution < -0.4 is 5.43 Å². The Balaban J connectivity index is 2.66.